The lowest BCUT2D eigenvalue weighted by Crippen LogP contribution is -2.28. The second kappa shape index (κ2) is 4.21. The number of nitrogens with one attached hydrogen (secondary N) is 1. The van der Waals surface area contributed by atoms with Crippen LogP contribution in [-0.4, -0.2) is 22.6 Å². The van der Waals surface area contributed by atoms with E-state index in [1.54, 1.807) is 0 Å². The number of piperidine rings is 1. The van der Waals surface area contributed by atoms with E-state index in [-0.39, 0.29) is 0 Å². The summed E-state index contributed by atoms with van der Waals surface area (Å²) < 4.78 is 2.39. The van der Waals surface area contributed by atoms with E-state index in [9.17, 15) is 0 Å². The Labute approximate surface area is 97.3 Å². The number of fused-ring (bicyclic) bond motifs is 1. The van der Waals surface area contributed by atoms with Gasteiger partial charge < -0.3 is 9.88 Å². The fourth-order valence-corrected chi connectivity index (χ4v) is 3.02. The van der Waals surface area contributed by atoms with Gasteiger partial charge in [-0.15, -0.1) is 0 Å². The molecule has 1 N–H and O–H groups in total. The summed E-state index contributed by atoms with van der Waals surface area (Å²) in [6, 6.07) is 0. The molecule has 1 aromatic heterocycles. The topological polar surface area (TPSA) is 29.9 Å². The predicted octanol–water partition coefficient (Wildman–Crippen LogP) is 2.25. The van der Waals surface area contributed by atoms with E-state index in [2.05, 4.69) is 23.0 Å². The van der Waals surface area contributed by atoms with E-state index in [1.807, 2.05) is 0 Å². The SMILES string of the molecule is C[C@@H]1CCCn2cc([C@H]3CCCNC3)nc21. The molecule has 0 aromatic carbocycles. The summed E-state index contributed by atoms with van der Waals surface area (Å²) in [7, 11) is 0. The minimum Gasteiger partial charge on any atom is -0.334 e. The van der Waals surface area contributed by atoms with Crippen molar-refractivity contribution >= 4 is 0 Å². The van der Waals surface area contributed by atoms with Crippen LogP contribution in [0.15, 0.2) is 6.20 Å². The number of imidazole rings is 1. The minimum absolute atomic E-state index is 0.652. The lowest BCUT2D eigenvalue weighted by molar-refractivity contribution is 0.454. The lowest BCUT2D eigenvalue weighted by Gasteiger charge is -2.20. The Morgan fingerprint density at radius 1 is 1.38 bits per heavy atom. The van der Waals surface area contributed by atoms with Crippen molar-refractivity contribution in [1.82, 2.24) is 14.9 Å². The molecule has 0 spiro atoms. The highest BCUT2D eigenvalue weighted by Crippen LogP contribution is 2.29. The molecule has 1 saturated heterocycles. The van der Waals surface area contributed by atoms with Crippen molar-refractivity contribution in [3.8, 4) is 0 Å². The van der Waals surface area contributed by atoms with Gasteiger partial charge in [-0.1, -0.05) is 6.92 Å². The number of aryl methyl sites for hydroxylation is 1. The fraction of sp³-hybridized carbons (Fsp3) is 0.769. The van der Waals surface area contributed by atoms with Crippen LogP contribution in [0, 0.1) is 0 Å². The highest BCUT2D eigenvalue weighted by molar-refractivity contribution is 5.14. The molecule has 3 heteroatoms. The van der Waals surface area contributed by atoms with Crippen LogP contribution in [0.5, 0.6) is 0 Å². The van der Waals surface area contributed by atoms with Gasteiger partial charge in [-0.3, -0.25) is 0 Å². The molecule has 1 aromatic rings. The quantitative estimate of drug-likeness (QED) is 0.785. The average Bonchev–Trinajstić information content (AvgIpc) is 2.76. The second-order valence-corrected chi connectivity index (χ2v) is 5.30. The van der Waals surface area contributed by atoms with Gasteiger partial charge in [-0.25, -0.2) is 4.98 Å². The van der Waals surface area contributed by atoms with Crippen molar-refractivity contribution < 1.29 is 0 Å². The first kappa shape index (κ1) is 10.3. The highest BCUT2D eigenvalue weighted by atomic mass is 15.1. The first-order valence-electron chi connectivity index (χ1n) is 6.62. The van der Waals surface area contributed by atoms with Crippen LogP contribution in [0.1, 0.15) is 56.0 Å². The van der Waals surface area contributed by atoms with Gasteiger partial charge >= 0.3 is 0 Å². The van der Waals surface area contributed by atoms with Crippen molar-refractivity contribution in [2.75, 3.05) is 13.1 Å². The summed E-state index contributed by atoms with van der Waals surface area (Å²) >= 11 is 0. The zero-order valence-electron chi connectivity index (χ0n) is 10.1. The average molecular weight is 219 g/mol. The molecule has 0 bridgehead atoms. The molecule has 0 amide bonds. The van der Waals surface area contributed by atoms with E-state index in [1.165, 1.54) is 50.3 Å². The van der Waals surface area contributed by atoms with Crippen LogP contribution in [0.2, 0.25) is 0 Å². The normalized spacial score (nSPS) is 30.1. The van der Waals surface area contributed by atoms with Gasteiger partial charge in [0, 0.05) is 31.1 Å². The number of aromatic nitrogens is 2. The Balaban J connectivity index is 1.85. The zero-order chi connectivity index (χ0) is 11.0. The molecule has 2 aliphatic rings. The van der Waals surface area contributed by atoms with Crippen molar-refractivity contribution in [3.63, 3.8) is 0 Å². The second-order valence-electron chi connectivity index (χ2n) is 5.30. The first-order valence-corrected chi connectivity index (χ1v) is 6.62. The van der Waals surface area contributed by atoms with E-state index in [0.717, 1.165) is 6.54 Å². The van der Waals surface area contributed by atoms with Crippen LogP contribution in [-0.2, 0) is 6.54 Å². The third-order valence-electron chi connectivity index (χ3n) is 4.02. The molecular weight excluding hydrogens is 198 g/mol. The van der Waals surface area contributed by atoms with Gasteiger partial charge in [0.05, 0.1) is 5.69 Å². The van der Waals surface area contributed by atoms with Gasteiger partial charge in [-0.05, 0) is 32.2 Å². The predicted molar refractivity (Wildman–Crippen MR) is 64.7 cm³/mol. The molecule has 2 aliphatic heterocycles. The van der Waals surface area contributed by atoms with Crippen LogP contribution in [0.25, 0.3) is 0 Å². The van der Waals surface area contributed by atoms with Crippen LogP contribution in [0.4, 0.5) is 0 Å². The molecule has 2 atom stereocenters. The monoisotopic (exact) mass is 219 g/mol. The Kier molecular flexibility index (Phi) is 2.72. The van der Waals surface area contributed by atoms with Crippen molar-refractivity contribution in [3.05, 3.63) is 17.7 Å². The number of rotatable bonds is 1. The standard InChI is InChI=1S/C13H21N3/c1-10-4-3-7-16-9-12(15-13(10)16)11-5-2-6-14-8-11/h9-11,14H,2-8H2,1H3/t10-,11+/m1/s1. The molecule has 0 unspecified atom stereocenters. The molecule has 1 fully saturated rings. The summed E-state index contributed by atoms with van der Waals surface area (Å²) in [6.07, 6.45) is 7.52. The molecule has 0 saturated carbocycles. The summed E-state index contributed by atoms with van der Waals surface area (Å²) in [6.45, 7) is 5.78. The Morgan fingerprint density at radius 3 is 3.06 bits per heavy atom. The maximum absolute atomic E-state index is 4.88. The summed E-state index contributed by atoms with van der Waals surface area (Å²) in [5, 5.41) is 3.48. The van der Waals surface area contributed by atoms with Crippen molar-refractivity contribution in [2.24, 2.45) is 0 Å². The number of hydrogen-bond acceptors (Lipinski definition) is 2. The summed E-state index contributed by atoms with van der Waals surface area (Å²) in [5.41, 5.74) is 1.33. The molecule has 3 heterocycles. The maximum atomic E-state index is 4.88. The van der Waals surface area contributed by atoms with E-state index in [0.29, 0.717) is 11.8 Å². The smallest absolute Gasteiger partial charge is 0.111 e. The van der Waals surface area contributed by atoms with E-state index >= 15 is 0 Å². The van der Waals surface area contributed by atoms with Crippen LogP contribution >= 0.6 is 0 Å². The van der Waals surface area contributed by atoms with Gasteiger partial charge in [0.1, 0.15) is 5.82 Å². The van der Waals surface area contributed by atoms with E-state index < -0.39 is 0 Å². The molecule has 88 valence electrons. The van der Waals surface area contributed by atoms with Gasteiger partial charge in [0.2, 0.25) is 0 Å². The minimum atomic E-state index is 0.652. The molecule has 0 aliphatic carbocycles. The number of hydrogen-bond donors (Lipinski definition) is 1. The van der Waals surface area contributed by atoms with Gasteiger partial charge in [0.25, 0.3) is 0 Å². The molecule has 0 radical (unpaired) electrons. The van der Waals surface area contributed by atoms with Gasteiger partial charge in [-0.2, -0.15) is 0 Å². The Hall–Kier alpha value is -0.830. The lowest BCUT2D eigenvalue weighted by atomic mass is 9.97. The highest BCUT2D eigenvalue weighted by Gasteiger charge is 2.23. The largest absolute Gasteiger partial charge is 0.334 e. The zero-order valence-corrected chi connectivity index (χ0v) is 10.1. The first-order chi connectivity index (χ1) is 7.84. The number of nitrogens with zero attached hydrogens (tertiary/aromatic N) is 2. The molecule has 3 rings (SSSR count). The third kappa shape index (κ3) is 1.77. The van der Waals surface area contributed by atoms with E-state index in [4.69, 9.17) is 4.98 Å². The molecule has 3 nitrogen and oxygen atoms in total. The fourth-order valence-electron chi connectivity index (χ4n) is 3.02. The van der Waals surface area contributed by atoms with Crippen molar-refractivity contribution in [1.29, 1.82) is 0 Å². The molecular formula is C13H21N3. The van der Waals surface area contributed by atoms with Gasteiger partial charge in [0.15, 0.2) is 0 Å². The van der Waals surface area contributed by atoms with Crippen molar-refractivity contribution in [2.45, 2.75) is 51.0 Å². The summed E-state index contributed by atoms with van der Waals surface area (Å²) in [5.74, 6) is 2.63. The molecule has 16 heavy (non-hydrogen) atoms. The Bertz CT molecular complexity index is 363. The van der Waals surface area contributed by atoms with Crippen LogP contribution in [0.3, 0.4) is 0 Å². The summed E-state index contributed by atoms with van der Waals surface area (Å²) in [4.78, 5) is 4.88. The third-order valence-corrected chi connectivity index (χ3v) is 4.02. The van der Waals surface area contributed by atoms with Crippen LogP contribution < -0.4 is 5.32 Å². The maximum Gasteiger partial charge on any atom is 0.111 e. The Morgan fingerprint density at radius 2 is 2.31 bits per heavy atom.